The molecule has 0 bridgehead atoms. The first-order chi connectivity index (χ1) is 10.7. The van der Waals surface area contributed by atoms with Crippen LogP contribution in [0.1, 0.15) is 17.0 Å². The lowest BCUT2D eigenvalue weighted by atomic mass is 10.1. The third-order valence-corrected chi connectivity index (χ3v) is 3.62. The number of aromatic nitrogens is 1. The average molecular weight is 288 g/mol. The van der Waals surface area contributed by atoms with E-state index in [0.29, 0.717) is 0 Å². The van der Waals surface area contributed by atoms with Crippen LogP contribution in [0.2, 0.25) is 0 Å². The molecule has 2 heteroatoms. The number of pyridine rings is 1. The number of hydrogen-bond acceptors (Lipinski definition) is 2. The predicted octanol–water partition coefficient (Wildman–Crippen LogP) is 5.04. The highest BCUT2D eigenvalue weighted by molar-refractivity contribution is 5.63. The SMILES string of the molecule is Cc1cc(CN(c2ccccc2)c2ccccc2)cc(C)n1. The number of anilines is 2. The number of hydrogen-bond donors (Lipinski definition) is 0. The van der Waals surface area contributed by atoms with Crippen molar-refractivity contribution in [2.45, 2.75) is 20.4 Å². The second kappa shape index (κ2) is 6.44. The fraction of sp³-hybridized carbons (Fsp3) is 0.150. The van der Waals surface area contributed by atoms with E-state index >= 15 is 0 Å². The van der Waals surface area contributed by atoms with Crippen molar-refractivity contribution in [3.63, 3.8) is 0 Å². The first-order valence-electron chi connectivity index (χ1n) is 7.54. The van der Waals surface area contributed by atoms with Crippen LogP contribution in [0.4, 0.5) is 11.4 Å². The molecule has 0 saturated heterocycles. The molecule has 110 valence electrons. The summed E-state index contributed by atoms with van der Waals surface area (Å²) in [7, 11) is 0. The van der Waals surface area contributed by atoms with E-state index in [1.807, 2.05) is 26.0 Å². The molecule has 0 atom stereocenters. The van der Waals surface area contributed by atoms with Gasteiger partial charge >= 0.3 is 0 Å². The third kappa shape index (κ3) is 3.34. The minimum Gasteiger partial charge on any atom is -0.337 e. The molecule has 0 spiro atoms. The predicted molar refractivity (Wildman–Crippen MR) is 92.4 cm³/mol. The Morgan fingerprint density at radius 1 is 0.727 bits per heavy atom. The highest BCUT2D eigenvalue weighted by Gasteiger charge is 2.10. The zero-order chi connectivity index (χ0) is 15.4. The van der Waals surface area contributed by atoms with E-state index in [1.54, 1.807) is 0 Å². The summed E-state index contributed by atoms with van der Waals surface area (Å²) < 4.78 is 0. The number of benzene rings is 2. The molecule has 0 radical (unpaired) electrons. The molecular formula is C20H20N2. The Morgan fingerprint density at radius 3 is 1.64 bits per heavy atom. The van der Waals surface area contributed by atoms with Crippen molar-refractivity contribution in [3.05, 3.63) is 89.7 Å². The minimum absolute atomic E-state index is 0.832. The van der Waals surface area contributed by atoms with Gasteiger partial charge in [0.1, 0.15) is 0 Å². The summed E-state index contributed by atoms with van der Waals surface area (Å²) in [5.41, 5.74) is 5.80. The van der Waals surface area contributed by atoms with E-state index in [2.05, 4.69) is 70.5 Å². The Labute approximate surface area is 132 Å². The van der Waals surface area contributed by atoms with E-state index in [4.69, 9.17) is 0 Å². The molecule has 0 fully saturated rings. The first-order valence-corrected chi connectivity index (χ1v) is 7.54. The Kier molecular flexibility index (Phi) is 4.19. The molecule has 2 nitrogen and oxygen atoms in total. The van der Waals surface area contributed by atoms with Crippen LogP contribution in [0, 0.1) is 13.8 Å². The Morgan fingerprint density at radius 2 is 1.18 bits per heavy atom. The fourth-order valence-electron chi connectivity index (χ4n) is 2.74. The molecule has 0 aliphatic rings. The molecule has 22 heavy (non-hydrogen) atoms. The maximum absolute atomic E-state index is 4.47. The van der Waals surface area contributed by atoms with Crippen molar-refractivity contribution in [2.24, 2.45) is 0 Å². The van der Waals surface area contributed by atoms with Gasteiger partial charge in [-0.15, -0.1) is 0 Å². The minimum atomic E-state index is 0.832. The topological polar surface area (TPSA) is 16.1 Å². The van der Waals surface area contributed by atoms with Crippen molar-refractivity contribution in [1.82, 2.24) is 4.98 Å². The van der Waals surface area contributed by atoms with E-state index < -0.39 is 0 Å². The van der Waals surface area contributed by atoms with Crippen LogP contribution in [-0.2, 0) is 6.54 Å². The Bertz CT molecular complexity index is 676. The molecule has 0 unspecified atom stereocenters. The Balaban J connectivity index is 1.99. The zero-order valence-corrected chi connectivity index (χ0v) is 13.0. The van der Waals surface area contributed by atoms with Gasteiger partial charge in [0.05, 0.1) is 0 Å². The molecule has 0 aliphatic heterocycles. The first kappa shape index (κ1) is 14.3. The van der Waals surface area contributed by atoms with Gasteiger partial charge in [-0.3, -0.25) is 4.98 Å². The average Bonchev–Trinajstić information content (AvgIpc) is 2.53. The van der Waals surface area contributed by atoms with Gasteiger partial charge in [0.2, 0.25) is 0 Å². The van der Waals surface area contributed by atoms with Gasteiger partial charge in [-0.25, -0.2) is 0 Å². The quantitative estimate of drug-likeness (QED) is 0.669. The second-order valence-corrected chi connectivity index (χ2v) is 5.52. The van der Waals surface area contributed by atoms with Crippen molar-refractivity contribution in [3.8, 4) is 0 Å². The van der Waals surface area contributed by atoms with Crippen molar-refractivity contribution < 1.29 is 0 Å². The summed E-state index contributed by atoms with van der Waals surface area (Å²) in [6.07, 6.45) is 0. The van der Waals surface area contributed by atoms with E-state index in [1.165, 1.54) is 16.9 Å². The molecule has 0 saturated carbocycles. The molecular weight excluding hydrogens is 268 g/mol. The molecule has 3 aromatic rings. The lowest BCUT2D eigenvalue weighted by Crippen LogP contribution is -2.16. The standard InChI is InChI=1S/C20H20N2/c1-16-13-18(14-17(2)21-16)15-22(19-9-5-3-6-10-19)20-11-7-4-8-12-20/h3-14H,15H2,1-2H3. The summed E-state index contributed by atoms with van der Waals surface area (Å²) in [5, 5.41) is 0. The van der Waals surface area contributed by atoms with Gasteiger partial charge in [0.15, 0.2) is 0 Å². The number of nitrogens with zero attached hydrogens (tertiary/aromatic N) is 2. The van der Waals surface area contributed by atoms with Crippen LogP contribution in [0.5, 0.6) is 0 Å². The highest BCUT2D eigenvalue weighted by atomic mass is 15.1. The van der Waals surface area contributed by atoms with Crippen LogP contribution in [0.25, 0.3) is 0 Å². The molecule has 0 aliphatic carbocycles. The summed E-state index contributed by atoms with van der Waals surface area (Å²) in [5.74, 6) is 0. The van der Waals surface area contributed by atoms with E-state index in [9.17, 15) is 0 Å². The molecule has 1 heterocycles. The maximum Gasteiger partial charge on any atom is 0.0483 e. The third-order valence-electron chi connectivity index (χ3n) is 3.62. The van der Waals surface area contributed by atoms with Gasteiger partial charge in [-0.2, -0.15) is 0 Å². The Hall–Kier alpha value is -2.61. The monoisotopic (exact) mass is 288 g/mol. The molecule has 0 N–H and O–H groups in total. The second-order valence-electron chi connectivity index (χ2n) is 5.52. The van der Waals surface area contributed by atoms with Crippen molar-refractivity contribution in [2.75, 3.05) is 4.90 Å². The van der Waals surface area contributed by atoms with Crippen LogP contribution < -0.4 is 4.90 Å². The molecule has 0 amide bonds. The summed E-state index contributed by atoms with van der Waals surface area (Å²) in [4.78, 5) is 6.80. The maximum atomic E-state index is 4.47. The van der Waals surface area contributed by atoms with Gasteiger partial charge in [0.25, 0.3) is 0 Å². The van der Waals surface area contributed by atoms with Crippen LogP contribution in [0.3, 0.4) is 0 Å². The molecule has 2 aromatic carbocycles. The van der Waals surface area contributed by atoms with Crippen LogP contribution in [-0.4, -0.2) is 4.98 Å². The highest BCUT2D eigenvalue weighted by Crippen LogP contribution is 2.27. The van der Waals surface area contributed by atoms with E-state index in [-0.39, 0.29) is 0 Å². The van der Waals surface area contributed by atoms with Crippen LogP contribution in [0.15, 0.2) is 72.8 Å². The number of para-hydroxylation sites is 2. The number of rotatable bonds is 4. The normalized spacial score (nSPS) is 10.5. The smallest absolute Gasteiger partial charge is 0.0483 e. The van der Waals surface area contributed by atoms with Crippen LogP contribution >= 0.6 is 0 Å². The van der Waals surface area contributed by atoms with Gasteiger partial charge < -0.3 is 4.90 Å². The number of aryl methyl sites for hydroxylation is 2. The van der Waals surface area contributed by atoms with Gasteiger partial charge in [-0.1, -0.05) is 36.4 Å². The molecule has 1 aromatic heterocycles. The van der Waals surface area contributed by atoms with Crippen molar-refractivity contribution >= 4 is 11.4 Å². The summed E-state index contributed by atoms with van der Waals surface area (Å²) in [6.45, 7) is 4.93. The fourth-order valence-corrected chi connectivity index (χ4v) is 2.74. The zero-order valence-electron chi connectivity index (χ0n) is 13.0. The molecule has 3 rings (SSSR count). The lowest BCUT2D eigenvalue weighted by molar-refractivity contribution is 0.955. The summed E-state index contributed by atoms with van der Waals surface area (Å²) >= 11 is 0. The van der Waals surface area contributed by atoms with Gasteiger partial charge in [-0.05, 0) is 55.8 Å². The van der Waals surface area contributed by atoms with Crippen molar-refractivity contribution in [1.29, 1.82) is 0 Å². The van der Waals surface area contributed by atoms with Gasteiger partial charge in [0, 0.05) is 29.3 Å². The lowest BCUT2D eigenvalue weighted by Gasteiger charge is -2.25. The summed E-state index contributed by atoms with van der Waals surface area (Å²) in [6, 6.07) is 25.3. The van der Waals surface area contributed by atoms with E-state index in [0.717, 1.165) is 17.9 Å². The largest absolute Gasteiger partial charge is 0.337 e.